The molecule has 0 aliphatic carbocycles. The summed E-state index contributed by atoms with van der Waals surface area (Å²) in [6.07, 6.45) is -3.08. The van der Waals surface area contributed by atoms with Crippen LogP contribution < -0.4 is 14.9 Å². The van der Waals surface area contributed by atoms with Gasteiger partial charge < -0.3 is 9.47 Å². The van der Waals surface area contributed by atoms with Crippen molar-refractivity contribution in [2.24, 2.45) is 5.10 Å². The normalized spacial score (nSPS) is 11.5. The van der Waals surface area contributed by atoms with Gasteiger partial charge in [0, 0.05) is 5.56 Å². The summed E-state index contributed by atoms with van der Waals surface area (Å²) in [6, 6.07) is 10.3. The number of para-hydroxylation sites is 2. The third-order valence-electron chi connectivity index (χ3n) is 3.05. The summed E-state index contributed by atoms with van der Waals surface area (Å²) in [6.45, 7) is 0. The molecule has 1 N–H and O–H groups in total. The van der Waals surface area contributed by atoms with Gasteiger partial charge in [0.1, 0.15) is 0 Å². The molecule has 0 amide bonds. The average molecular weight is 324 g/mol. The maximum atomic E-state index is 12.9. The standard InChI is InChI=1S/C16H15F3N2O2/c1-22-14-9-5-6-11(15(14)23-2)10-20-21-13-8-4-3-7-12(13)16(17,18)19/h3-10,21H,1-2H3/b20-10-. The van der Waals surface area contributed by atoms with E-state index in [1.165, 1.54) is 38.6 Å². The van der Waals surface area contributed by atoms with Crippen LogP contribution in [0.25, 0.3) is 0 Å². The van der Waals surface area contributed by atoms with Gasteiger partial charge in [0.2, 0.25) is 0 Å². The molecular formula is C16H15F3N2O2. The van der Waals surface area contributed by atoms with Crippen molar-refractivity contribution >= 4 is 11.9 Å². The van der Waals surface area contributed by atoms with Crippen LogP contribution in [0.5, 0.6) is 11.5 Å². The number of methoxy groups -OCH3 is 2. The predicted octanol–water partition coefficient (Wildman–Crippen LogP) is 4.17. The molecule has 0 heterocycles. The van der Waals surface area contributed by atoms with Gasteiger partial charge in [-0.3, -0.25) is 5.43 Å². The van der Waals surface area contributed by atoms with E-state index >= 15 is 0 Å². The Bertz CT molecular complexity index is 700. The summed E-state index contributed by atoms with van der Waals surface area (Å²) in [7, 11) is 2.97. The fourth-order valence-electron chi connectivity index (χ4n) is 2.01. The van der Waals surface area contributed by atoms with Gasteiger partial charge in [0.15, 0.2) is 11.5 Å². The van der Waals surface area contributed by atoms with Crippen LogP contribution in [0.15, 0.2) is 47.6 Å². The highest BCUT2D eigenvalue weighted by atomic mass is 19.4. The number of anilines is 1. The predicted molar refractivity (Wildman–Crippen MR) is 82.2 cm³/mol. The van der Waals surface area contributed by atoms with Crippen molar-refractivity contribution in [1.29, 1.82) is 0 Å². The smallest absolute Gasteiger partial charge is 0.418 e. The molecule has 2 rings (SSSR count). The lowest BCUT2D eigenvalue weighted by Crippen LogP contribution is -2.08. The van der Waals surface area contributed by atoms with E-state index in [1.54, 1.807) is 18.2 Å². The van der Waals surface area contributed by atoms with Gasteiger partial charge in [-0.15, -0.1) is 0 Å². The molecule has 2 aromatic carbocycles. The number of benzene rings is 2. The van der Waals surface area contributed by atoms with Gasteiger partial charge in [-0.25, -0.2) is 0 Å². The van der Waals surface area contributed by atoms with Gasteiger partial charge in [0.05, 0.1) is 31.7 Å². The summed E-state index contributed by atoms with van der Waals surface area (Å²) in [5, 5.41) is 3.86. The highest BCUT2D eigenvalue weighted by Gasteiger charge is 2.33. The van der Waals surface area contributed by atoms with Crippen LogP contribution in [0.2, 0.25) is 0 Å². The van der Waals surface area contributed by atoms with E-state index in [2.05, 4.69) is 10.5 Å². The zero-order valence-corrected chi connectivity index (χ0v) is 12.5. The Kier molecular flexibility index (Phi) is 5.10. The van der Waals surface area contributed by atoms with Gasteiger partial charge in [-0.05, 0) is 24.3 Å². The molecule has 0 spiro atoms. The quantitative estimate of drug-likeness (QED) is 0.663. The van der Waals surface area contributed by atoms with E-state index in [0.29, 0.717) is 17.1 Å². The summed E-state index contributed by atoms with van der Waals surface area (Å²) in [4.78, 5) is 0. The molecule has 0 aliphatic heterocycles. The molecule has 0 unspecified atom stereocenters. The van der Waals surface area contributed by atoms with Crippen molar-refractivity contribution < 1.29 is 22.6 Å². The molecule has 0 fully saturated rings. The van der Waals surface area contributed by atoms with E-state index in [0.717, 1.165) is 6.07 Å². The number of hydrogen-bond donors (Lipinski definition) is 1. The molecule has 0 aliphatic rings. The third kappa shape index (κ3) is 3.94. The molecule has 7 heteroatoms. The number of hydrazone groups is 1. The largest absolute Gasteiger partial charge is 0.493 e. The number of ether oxygens (including phenoxy) is 2. The van der Waals surface area contributed by atoms with Crippen molar-refractivity contribution in [2.75, 3.05) is 19.6 Å². The molecule has 0 bridgehead atoms. The lowest BCUT2D eigenvalue weighted by Gasteiger charge is -2.12. The Morgan fingerprint density at radius 3 is 2.39 bits per heavy atom. The van der Waals surface area contributed by atoms with Crippen LogP contribution in [0.4, 0.5) is 18.9 Å². The molecular weight excluding hydrogens is 309 g/mol. The lowest BCUT2D eigenvalue weighted by atomic mass is 10.2. The van der Waals surface area contributed by atoms with Crippen molar-refractivity contribution in [3.05, 3.63) is 53.6 Å². The van der Waals surface area contributed by atoms with E-state index < -0.39 is 11.7 Å². The van der Waals surface area contributed by atoms with Crippen LogP contribution in [0, 0.1) is 0 Å². The average Bonchev–Trinajstić information content (AvgIpc) is 2.54. The van der Waals surface area contributed by atoms with Crippen LogP contribution in [0.3, 0.4) is 0 Å². The van der Waals surface area contributed by atoms with E-state index in [4.69, 9.17) is 9.47 Å². The van der Waals surface area contributed by atoms with Gasteiger partial charge in [-0.1, -0.05) is 18.2 Å². The zero-order valence-electron chi connectivity index (χ0n) is 12.5. The van der Waals surface area contributed by atoms with Crippen LogP contribution >= 0.6 is 0 Å². The highest BCUT2D eigenvalue weighted by Crippen LogP contribution is 2.34. The SMILES string of the molecule is COc1cccc(/C=N\Nc2ccccc2C(F)(F)F)c1OC. The number of nitrogens with zero attached hydrogens (tertiary/aromatic N) is 1. The zero-order chi connectivity index (χ0) is 16.9. The summed E-state index contributed by atoms with van der Waals surface area (Å²) >= 11 is 0. The van der Waals surface area contributed by atoms with Crippen LogP contribution in [-0.2, 0) is 6.18 Å². The summed E-state index contributed by atoms with van der Waals surface area (Å²) in [5.41, 5.74) is 2.07. The van der Waals surface area contributed by atoms with Crippen LogP contribution in [-0.4, -0.2) is 20.4 Å². The Morgan fingerprint density at radius 2 is 1.74 bits per heavy atom. The topological polar surface area (TPSA) is 42.8 Å². The second-order valence-corrected chi connectivity index (χ2v) is 4.50. The number of alkyl halides is 3. The first-order chi connectivity index (χ1) is 11.0. The first-order valence-corrected chi connectivity index (χ1v) is 6.63. The van der Waals surface area contributed by atoms with Gasteiger partial charge in [0.25, 0.3) is 0 Å². The Hall–Kier alpha value is -2.70. The Balaban J connectivity index is 2.24. The number of halogens is 3. The Labute approximate surface area is 131 Å². The number of nitrogens with one attached hydrogen (secondary N) is 1. The monoisotopic (exact) mass is 324 g/mol. The third-order valence-corrected chi connectivity index (χ3v) is 3.05. The molecule has 0 atom stereocenters. The first-order valence-electron chi connectivity index (χ1n) is 6.63. The molecule has 0 aromatic heterocycles. The summed E-state index contributed by atoms with van der Waals surface area (Å²) in [5.74, 6) is 0.955. The molecule has 0 saturated heterocycles. The number of hydrogen-bond acceptors (Lipinski definition) is 4. The first kappa shape index (κ1) is 16.7. The molecule has 4 nitrogen and oxygen atoms in total. The van der Waals surface area contributed by atoms with E-state index in [9.17, 15) is 13.2 Å². The van der Waals surface area contributed by atoms with Crippen molar-refractivity contribution in [2.45, 2.75) is 6.18 Å². The second kappa shape index (κ2) is 7.04. The maximum Gasteiger partial charge on any atom is 0.418 e. The minimum atomic E-state index is -4.45. The van der Waals surface area contributed by atoms with Crippen LogP contribution in [0.1, 0.15) is 11.1 Å². The minimum absolute atomic E-state index is 0.127. The fourth-order valence-corrected chi connectivity index (χ4v) is 2.01. The molecule has 23 heavy (non-hydrogen) atoms. The molecule has 122 valence electrons. The second-order valence-electron chi connectivity index (χ2n) is 4.50. The van der Waals surface area contributed by atoms with E-state index in [-0.39, 0.29) is 5.69 Å². The molecule has 0 saturated carbocycles. The van der Waals surface area contributed by atoms with Gasteiger partial charge in [-0.2, -0.15) is 18.3 Å². The minimum Gasteiger partial charge on any atom is -0.493 e. The van der Waals surface area contributed by atoms with Crippen molar-refractivity contribution in [3.63, 3.8) is 0 Å². The van der Waals surface area contributed by atoms with Crippen molar-refractivity contribution in [3.8, 4) is 11.5 Å². The number of rotatable bonds is 5. The van der Waals surface area contributed by atoms with E-state index in [1.807, 2.05) is 0 Å². The highest BCUT2D eigenvalue weighted by molar-refractivity contribution is 5.85. The summed E-state index contributed by atoms with van der Waals surface area (Å²) < 4.78 is 49.0. The molecule has 2 aromatic rings. The van der Waals surface area contributed by atoms with Gasteiger partial charge >= 0.3 is 6.18 Å². The molecule has 0 radical (unpaired) electrons. The lowest BCUT2D eigenvalue weighted by molar-refractivity contribution is -0.136. The van der Waals surface area contributed by atoms with Crippen molar-refractivity contribution in [1.82, 2.24) is 0 Å². The fraction of sp³-hybridized carbons (Fsp3) is 0.188. The Morgan fingerprint density at radius 1 is 1.00 bits per heavy atom. The maximum absolute atomic E-state index is 12.9.